The van der Waals surface area contributed by atoms with Crippen molar-refractivity contribution in [2.45, 2.75) is 6.42 Å². The van der Waals surface area contributed by atoms with Crippen LogP contribution in [0.4, 0.5) is 0 Å². The van der Waals surface area contributed by atoms with Crippen LogP contribution in [0.3, 0.4) is 0 Å². The zero-order chi connectivity index (χ0) is 14.1. The van der Waals surface area contributed by atoms with Crippen molar-refractivity contribution < 1.29 is 24.1 Å². The number of carboxylic acids is 1. The average molecular weight is 333 g/mol. The highest BCUT2D eigenvalue weighted by Crippen LogP contribution is 2.23. The number of carboxylic acid groups (broad SMARTS) is 1. The molecule has 0 saturated carbocycles. The van der Waals surface area contributed by atoms with E-state index in [4.69, 9.17) is 19.3 Å². The van der Waals surface area contributed by atoms with Crippen molar-refractivity contribution >= 4 is 21.9 Å². The molecule has 0 heterocycles. The van der Waals surface area contributed by atoms with E-state index in [0.717, 1.165) is 6.42 Å². The van der Waals surface area contributed by atoms with Crippen LogP contribution in [0.25, 0.3) is 0 Å². The molecule has 0 aliphatic heterocycles. The quantitative estimate of drug-likeness (QED) is 0.704. The first kappa shape index (κ1) is 15.9. The van der Waals surface area contributed by atoms with Crippen molar-refractivity contribution in [2.24, 2.45) is 0 Å². The minimum atomic E-state index is -1.02. The Balaban J connectivity index is 2.35. The summed E-state index contributed by atoms with van der Waals surface area (Å²) in [5, 5.41) is 9.04. The fraction of sp³-hybridized carbons (Fsp3) is 0.462. The van der Waals surface area contributed by atoms with Crippen LogP contribution in [0.5, 0.6) is 5.75 Å². The second kappa shape index (κ2) is 8.90. The summed E-state index contributed by atoms with van der Waals surface area (Å²) in [6.45, 7) is 1.99. The monoisotopic (exact) mass is 332 g/mol. The van der Waals surface area contributed by atoms with Gasteiger partial charge in [-0.15, -0.1) is 0 Å². The van der Waals surface area contributed by atoms with Gasteiger partial charge in [0.1, 0.15) is 17.9 Å². The first-order valence-electron chi connectivity index (χ1n) is 5.87. The Hall–Kier alpha value is -1.11. The Morgan fingerprint density at radius 3 is 2.74 bits per heavy atom. The highest BCUT2D eigenvalue weighted by Gasteiger charge is 2.11. The summed E-state index contributed by atoms with van der Waals surface area (Å²) in [7, 11) is 1.64. The van der Waals surface area contributed by atoms with Crippen LogP contribution in [-0.2, 0) is 9.47 Å². The zero-order valence-corrected chi connectivity index (χ0v) is 12.3. The lowest BCUT2D eigenvalue weighted by atomic mass is 10.2. The standard InChI is InChI=1S/C13H17BrO5/c1-17-5-2-6-18-7-8-19-12-4-3-10(14)9-11(12)13(15)16/h3-4,9H,2,5-8H2,1H3,(H,15,16). The van der Waals surface area contributed by atoms with Crippen LogP contribution in [-0.4, -0.2) is 44.6 Å². The van der Waals surface area contributed by atoms with Crippen LogP contribution >= 0.6 is 15.9 Å². The fourth-order valence-corrected chi connectivity index (χ4v) is 1.77. The van der Waals surface area contributed by atoms with Crippen molar-refractivity contribution in [1.82, 2.24) is 0 Å². The molecule has 1 aromatic rings. The molecule has 1 aromatic carbocycles. The molecule has 0 aromatic heterocycles. The van der Waals surface area contributed by atoms with Gasteiger partial charge >= 0.3 is 5.97 Å². The van der Waals surface area contributed by atoms with Crippen LogP contribution in [0.1, 0.15) is 16.8 Å². The van der Waals surface area contributed by atoms with E-state index < -0.39 is 5.97 Å². The maximum Gasteiger partial charge on any atom is 0.339 e. The number of carbonyl (C=O) groups is 1. The molecule has 1 rings (SSSR count). The SMILES string of the molecule is COCCCOCCOc1ccc(Br)cc1C(=O)O. The molecule has 6 heteroatoms. The predicted octanol–water partition coefficient (Wildman–Crippen LogP) is 2.58. The third kappa shape index (κ3) is 6.04. The van der Waals surface area contributed by atoms with E-state index >= 15 is 0 Å². The summed E-state index contributed by atoms with van der Waals surface area (Å²) >= 11 is 3.23. The Bertz CT molecular complexity index is 408. The van der Waals surface area contributed by atoms with Crippen molar-refractivity contribution in [1.29, 1.82) is 0 Å². The highest BCUT2D eigenvalue weighted by molar-refractivity contribution is 9.10. The van der Waals surface area contributed by atoms with E-state index in [-0.39, 0.29) is 5.56 Å². The van der Waals surface area contributed by atoms with E-state index in [2.05, 4.69) is 15.9 Å². The van der Waals surface area contributed by atoms with Crippen LogP contribution < -0.4 is 4.74 Å². The molecule has 0 spiro atoms. The lowest BCUT2D eigenvalue weighted by Gasteiger charge is -2.10. The molecule has 106 valence electrons. The molecule has 19 heavy (non-hydrogen) atoms. The molecule has 0 amide bonds. The number of methoxy groups -OCH3 is 1. The largest absolute Gasteiger partial charge is 0.490 e. The summed E-state index contributed by atoms with van der Waals surface area (Å²) in [4.78, 5) is 11.0. The molecular weight excluding hydrogens is 316 g/mol. The zero-order valence-electron chi connectivity index (χ0n) is 10.7. The van der Waals surface area contributed by atoms with Crippen LogP contribution in [0.2, 0.25) is 0 Å². The Morgan fingerprint density at radius 1 is 1.26 bits per heavy atom. The second-order valence-corrected chi connectivity index (χ2v) is 4.67. The normalized spacial score (nSPS) is 10.4. The van der Waals surface area contributed by atoms with E-state index in [1.54, 1.807) is 19.2 Å². The van der Waals surface area contributed by atoms with E-state index in [0.29, 0.717) is 36.6 Å². The Labute approximate surface area is 120 Å². The number of hydrogen-bond donors (Lipinski definition) is 1. The van der Waals surface area contributed by atoms with E-state index in [1.807, 2.05) is 0 Å². The first-order chi connectivity index (χ1) is 9.15. The number of aromatic carboxylic acids is 1. The van der Waals surface area contributed by atoms with Gasteiger partial charge in [0.05, 0.1) is 6.61 Å². The summed E-state index contributed by atoms with van der Waals surface area (Å²) < 4.78 is 16.3. The first-order valence-corrected chi connectivity index (χ1v) is 6.66. The summed E-state index contributed by atoms with van der Waals surface area (Å²) in [5.74, 6) is -0.673. The summed E-state index contributed by atoms with van der Waals surface area (Å²) in [6, 6.07) is 4.87. The van der Waals surface area contributed by atoms with E-state index in [1.165, 1.54) is 6.07 Å². The van der Waals surface area contributed by atoms with Gasteiger partial charge in [-0.3, -0.25) is 0 Å². The smallest absolute Gasteiger partial charge is 0.339 e. The molecular formula is C13H17BrO5. The summed E-state index contributed by atoms with van der Waals surface area (Å²) in [6.07, 6.45) is 0.829. The van der Waals surface area contributed by atoms with Crippen molar-refractivity contribution in [3.63, 3.8) is 0 Å². The van der Waals surface area contributed by atoms with Gasteiger partial charge in [0.25, 0.3) is 0 Å². The lowest BCUT2D eigenvalue weighted by Crippen LogP contribution is -2.10. The van der Waals surface area contributed by atoms with Crippen molar-refractivity contribution in [3.05, 3.63) is 28.2 Å². The third-order valence-electron chi connectivity index (χ3n) is 2.29. The van der Waals surface area contributed by atoms with Gasteiger partial charge in [-0.1, -0.05) is 15.9 Å². The van der Waals surface area contributed by atoms with Gasteiger partial charge in [0.2, 0.25) is 0 Å². The van der Waals surface area contributed by atoms with Gasteiger partial charge in [0.15, 0.2) is 0 Å². The molecule has 0 saturated heterocycles. The molecule has 5 nitrogen and oxygen atoms in total. The molecule has 0 fully saturated rings. The maximum absolute atomic E-state index is 11.0. The van der Waals surface area contributed by atoms with Gasteiger partial charge in [-0.05, 0) is 24.6 Å². The molecule has 0 atom stereocenters. The van der Waals surface area contributed by atoms with Gasteiger partial charge in [0, 0.05) is 24.8 Å². The molecule has 0 radical (unpaired) electrons. The van der Waals surface area contributed by atoms with Gasteiger partial charge in [-0.2, -0.15) is 0 Å². The Morgan fingerprint density at radius 2 is 2.05 bits per heavy atom. The number of ether oxygens (including phenoxy) is 3. The molecule has 0 aliphatic rings. The average Bonchev–Trinajstić information content (AvgIpc) is 2.39. The molecule has 0 bridgehead atoms. The number of hydrogen-bond acceptors (Lipinski definition) is 4. The minimum absolute atomic E-state index is 0.133. The minimum Gasteiger partial charge on any atom is -0.490 e. The van der Waals surface area contributed by atoms with Crippen molar-refractivity contribution in [3.8, 4) is 5.75 Å². The third-order valence-corrected chi connectivity index (χ3v) is 2.79. The molecule has 1 N–H and O–H groups in total. The van der Waals surface area contributed by atoms with E-state index in [9.17, 15) is 4.79 Å². The fourth-order valence-electron chi connectivity index (χ4n) is 1.41. The van der Waals surface area contributed by atoms with Gasteiger partial charge < -0.3 is 19.3 Å². The second-order valence-electron chi connectivity index (χ2n) is 3.75. The van der Waals surface area contributed by atoms with Crippen molar-refractivity contribution in [2.75, 3.05) is 33.5 Å². The van der Waals surface area contributed by atoms with Crippen LogP contribution in [0.15, 0.2) is 22.7 Å². The lowest BCUT2D eigenvalue weighted by molar-refractivity contribution is 0.0677. The topological polar surface area (TPSA) is 65.0 Å². The summed E-state index contributed by atoms with van der Waals surface area (Å²) in [5.41, 5.74) is 0.133. The number of rotatable bonds is 9. The number of benzene rings is 1. The molecule has 0 unspecified atom stereocenters. The Kier molecular flexibility index (Phi) is 7.47. The predicted molar refractivity (Wildman–Crippen MR) is 73.9 cm³/mol. The van der Waals surface area contributed by atoms with Gasteiger partial charge in [-0.25, -0.2) is 4.79 Å². The number of halogens is 1. The maximum atomic E-state index is 11.0. The highest BCUT2D eigenvalue weighted by atomic mass is 79.9. The van der Waals surface area contributed by atoms with Crippen LogP contribution in [0, 0.1) is 0 Å². The molecule has 0 aliphatic carbocycles.